The van der Waals surface area contributed by atoms with Crippen LogP contribution in [0.3, 0.4) is 0 Å². The number of benzene rings is 3. The molecule has 3 aromatic rings. The number of fused-ring (bicyclic) bond motifs is 3. The number of nitrogens with one attached hydrogen (secondary N) is 1. The van der Waals surface area contributed by atoms with Gasteiger partial charge in [0.05, 0.1) is 38.6 Å². The Morgan fingerprint density at radius 3 is 2.47 bits per heavy atom. The molecule has 0 aliphatic carbocycles. The SMILES string of the molecule is COc1cccc(C2=CC3c4cc(Cl)ccc4OC(c4cc(OC)ccc4OC)N3N2)c1. The lowest BCUT2D eigenvalue weighted by atomic mass is 10.0. The van der Waals surface area contributed by atoms with E-state index in [9.17, 15) is 0 Å². The second-order valence-corrected chi connectivity index (χ2v) is 7.97. The molecule has 0 aromatic heterocycles. The molecule has 0 fully saturated rings. The van der Waals surface area contributed by atoms with Crippen LogP contribution in [0.2, 0.25) is 5.02 Å². The highest BCUT2D eigenvalue weighted by atomic mass is 35.5. The maximum absolute atomic E-state index is 6.47. The number of ether oxygens (including phenoxy) is 4. The first kappa shape index (κ1) is 20.5. The highest BCUT2D eigenvalue weighted by molar-refractivity contribution is 6.30. The molecule has 2 atom stereocenters. The van der Waals surface area contributed by atoms with E-state index in [2.05, 4.69) is 16.5 Å². The Morgan fingerprint density at radius 1 is 0.875 bits per heavy atom. The second kappa shape index (κ2) is 8.30. The van der Waals surface area contributed by atoms with Crippen LogP contribution in [-0.4, -0.2) is 26.3 Å². The van der Waals surface area contributed by atoms with Crippen LogP contribution < -0.4 is 24.4 Å². The van der Waals surface area contributed by atoms with Gasteiger partial charge in [-0.3, -0.25) is 0 Å². The van der Waals surface area contributed by atoms with Crippen LogP contribution in [0.4, 0.5) is 0 Å². The summed E-state index contributed by atoms with van der Waals surface area (Å²) in [5.41, 5.74) is 7.34. The fraction of sp³-hybridized carbons (Fsp3) is 0.200. The summed E-state index contributed by atoms with van der Waals surface area (Å²) in [7, 11) is 4.96. The first-order valence-electron chi connectivity index (χ1n) is 10.2. The minimum Gasteiger partial charge on any atom is -0.497 e. The lowest BCUT2D eigenvalue weighted by molar-refractivity contribution is -0.0339. The van der Waals surface area contributed by atoms with Crippen molar-refractivity contribution in [3.05, 3.63) is 88.5 Å². The van der Waals surface area contributed by atoms with E-state index in [1.54, 1.807) is 21.3 Å². The van der Waals surface area contributed by atoms with Gasteiger partial charge in [-0.25, -0.2) is 0 Å². The van der Waals surface area contributed by atoms with Gasteiger partial charge in [-0.2, -0.15) is 5.01 Å². The fourth-order valence-corrected chi connectivity index (χ4v) is 4.34. The van der Waals surface area contributed by atoms with Gasteiger partial charge in [-0.1, -0.05) is 23.7 Å². The van der Waals surface area contributed by atoms with Crippen LogP contribution in [-0.2, 0) is 0 Å². The van der Waals surface area contributed by atoms with Crippen molar-refractivity contribution in [2.24, 2.45) is 0 Å². The van der Waals surface area contributed by atoms with Gasteiger partial charge in [-0.15, -0.1) is 0 Å². The zero-order valence-electron chi connectivity index (χ0n) is 18.0. The van der Waals surface area contributed by atoms with E-state index in [4.69, 9.17) is 30.5 Å². The van der Waals surface area contributed by atoms with Crippen molar-refractivity contribution in [1.29, 1.82) is 0 Å². The maximum Gasteiger partial charge on any atom is 0.199 e. The van der Waals surface area contributed by atoms with Crippen molar-refractivity contribution in [2.75, 3.05) is 21.3 Å². The van der Waals surface area contributed by atoms with Crippen molar-refractivity contribution in [2.45, 2.75) is 12.3 Å². The zero-order valence-corrected chi connectivity index (χ0v) is 18.7. The Hall–Kier alpha value is -3.35. The van der Waals surface area contributed by atoms with E-state index < -0.39 is 6.23 Å². The van der Waals surface area contributed by atoms with Gasteiger partial charge in [0.25, 0.3) is 0 Å². The third-order valence-corrected chi connectivity index (χ3v) is 5.97. The fourth-order valence-electron chi connectivity index (χ4n) is 4.16. The molecule has 0 radical (unpaired) electrons. The lowest BCUT2D eigenvalue weighted by Gasteiger charge is -2.39. The molecule has 2 unspecified atom stereocenters. The summed E-state index contributed by atoms with van der Waals surface area (Å²) in [5.74, 6) is 3.00. The summed E-state index contributed by atoms with van der Waals surface area (Å²) in [6.07, 6.45) is 1.71. The largest absolute Gasteiger partial charge is 0.497 e. The minimum absolute atomic E-state index is 0.0976. The number of rotatable bonds is 5. The normalized spacial score (nSPS) is 19.2. The van der Waals surface area contributed by atoms with Gasteiger partial charge >= 0.3 is 0 Å². The minimum atomic E-state index is -0.460. The maximum atomic E-state index is 6.47. The summed E-state index contributed by atoms with van der Waals surface area (Å²) < 4.78 is 23.0. The first-order chi connectivity index (χ1) is 15.6. The molecule has 0 bridgehead atoms. The third-order valence-electron chi connectivity index (χ3n) is 5.74. The number of nitrogens with zero attached hydrogens (tertiary/aromatic N) is 1. The Morgan fingerprint density at radius 2 is 1.69 bits per heavy atom. The Labute approximate surface area is 191 Å². The average molecular weight is 451 g/mol. The second-order valence-electron chi connectivity index (χ2n) is 7.54. The smallest absolute Gasteiger partial charge is 0.199 e. The zero-order chi connectivity index (χ0) is 22.2. The number of methoxy groups -OCH3 is 3. The quantitative estimate of drug-likeness (QED) is 0.564. The van der Waals surface area contributed by atoms with E-state index in [1.807, 2.05) is 60.7 Å². The van der Waals surface area contributed by atoms with E-state index in [0.717, 1.165) is 39.6 Å². The molecule has 0 spiro atoms. The Balaban J connectivity index is 1.62. The molecule has 7 heteroatoms. The summed E-state index contributed by atoms with van der Waals surface area (Å²) >= 11 is 6.33. The van der Waals surface area contributed by atoms with Crippen molar-refractivity contribution in [3.63, 3.8) is 0 Å². The van der Waals surface area contributed by atoms with Gasteiger partial charge in [0.1, 0.15) is 23.0 Å². The van der Waals surface area contributed by atoms with Gasteiger partial charge in [-0.05, 0) is 54.6 Å². The van der Waals surface area contributed by atoms with Crippen LogP contribution >= 0.6 is 11.6 Å². The van der Waals surface area contributed by atoms with Crippen LogP contribution in [0.5, 0.6) is 23.0 Å². The van der Waals surface area contributed by atoms with Crippen LogP contribution in [0, 0.1) is 0 Å². The summed E-state index contributed by atoms with van der Waals surface area (Å²) in [5, 5.41) is 2.72. The van der Waals surface area contributed by atoms with Crippen LogP contribution in [0.1, 0.15) is 29.0 Å². The van der Waals surface area contributed by atoms with Gasteiger partial charge in [0.15, 0.2) is 6.23 Å². The molecule has 2 aliphatic heterocycles. The number of hydrazine groups is 1. The van der Waals surface area contributed by atoms with Gasteiger partial charge in [0, 0.05) is 16.1 Å². The van der Waals surface area contributed by atoms with Crippen molar-refractivity contribution in [3.8, 4) is 23.0 Å². The predicted molar refractivity (Wildman–Crippen MR) is 123 cm³/mol. The first-order valence-corrected chi connectivity index (χ1v) is 10.6. The number of hydrogen-bond acceptors (Lipinski definition) is 6. The molecule has 32 heavy (non-hydrogen) atoms. The topological polar surface area (TPSA) is 52.2 Å². The standard InChI is InChI=1S/C25H23ClN2O4/c1-29-17-6-4-5-15(11-17)21-14-22-19-12-16(26)7-9-24(19)32-25(28(22)27-21)20-13-18(30-2)8-10-23(20)31-3/h4-14,22,25,27H,1-3H3. The van der Waals surface area contributed by atoms with Crippen molar-refractivity contribution in [1.82, 2.24) is 10.4 Å². The van der Waals surface area contributed by atoms with E-state index >= 15 is 0 Å². The van der Waals surface area contributed by atoms with E-state index in [0.29, 0.717) is 10.8 Å². The van der Waals surface area contributed by atoms with Crippen LogP contribution in [0.25, 0.3) is 5.70 Å². The number of halogens is 1. The van der Waals surface area contributed by atoms with Gasteiger partial charge in [0.2, 0.25) is 0 Å². The molecule has 0 amide bonds. The molecule has 1 N–H and O–H groups in total. The molecule has 2 heterocycles. The Kier molecular flexibility index (Phi) is 5.33. The highest BCUT2D eigenvalue weighted by Crippen LogP contribution is 2.48. The average Bonchev–Trinajstić information content (AvgIpc) is 3.29. The number of hydrogen-bond donors (Lipinski definition) is 1. The van der Waals surface area contributed by atoms with Crippen LogP contribution in [0.15, 0.2) is 66.7 Å². The molecule has 3 aromatic carbocycles. The van der Waals surface area contributed by atoms with Crippen molar-refractivity contribution < 1.29 is 18.9 Å². The monoisotopic (exact) mass is 450 g/mol. The molecule has 0 saturated heterocycles. The molecular formula is C25H23ClN2O4. The Bertz CT molecular complexity index is 1200. The summed E-state index contributed by atoms with van der Waals surface area (Å²) in [4.78, 5) is 0. The predicted octanol–water partition coefficient (Wildman–Crippen LogP) is 5.36. The lowest BCUT2D eigenvalue weighted by Crippen LogP contribution is -2.43. The summed E-state index contributed by atoms with van der Waals surface area (Å²) in [6.45, 7) is 0. The molecule has 2 aliphatic rings. The molecule has 164 valence electrons. The molecule has 5 rings (SSSR count). The van der Waals surface area contributed by atoms with E-state index in [-0.39, 0.29) is 6.04 Å². The summed E-state index contributed by atoms with van der Waals surface area (Å²) in [6, 6.07) is 19.2. The van der Waals surface area contributed by atoms with E-state index in [1.165, 1.54) is 0 Å². The molecule has 6 nitrogen and oxygen atoms in total. The third kappa shape index (κ3) is 3.51. The van der Waals surface area contributed by atoms with Crippen molar-refractivity contribution >= 4 is 17.3 Å². The highest BCUT2D eigenvalue weighted by Gasteiger charge is 2.41. The molecular weight excluding hydrogens is 428 g/mol. The van der Waals surface area contributed by atoms with Gasteiger partial charge < -0.3 is 24.4 Å². The molecule has 0 saturated carbocycles.